The van der Waals surface area contributed by atoms with Crippen LogP contribution in [0, 0.1) is 5.92 Å². The van der Waals surface area contributed by atoms with Crippen LogP contribution in [-0.2, 0) is 13.0 Å². The first-order valence-corrected chi connectivity index (χ1v) is 10.6. The maximum absolute atomic E-state index is 13.1. The number of benzene rings is 1. The Morgan fingerprint density at radius 1 is 1.21 bits per heavy atom. The molecule has 2 aliphatic rings. The van der Waals surface area contributed by atoms with E-state index in [2.05, 4.69) is 48.3 Å². The predicted octanol–water partition coefficient (Wildman–Crippen LogP) is 3.69. The van der Waals surface area contributed by atoms with Gasteiger partial charge >= 0.3 is 0 Å². The second-order valence-electron chi connectivity index (χ2n) is 8.13. The summed E-state index contributed by atoms with van der Waals surface area (Å²) in [6.07, 6.45) is 4.83. The van der Waals surface area contributed by atoms with Crippen LogP contribution in [0.4, 0.5) is 5.69 Å². The van der Waals surface area contributed by atoms with E-state index in [1.807, 2.05) is 11.0 Å². The molecule has 1 aromatic carbocycles. The van der Waals surface area contributed by atoms with Crippen molar-refractivity contribution in [1.29, 1.82) is 0 Å². The lowest BCUT2D eigenvalue weighted by Gasteiger charge is -2.32. The molecule has 1 N–H and O–H groups in total. The molecule has 0 spiro atoms. The zero-order valence-electron chi connectivity index (χ0n) is 17.0. The first-order valence-electron chi connectivity index (χ1n) is 10.6. The van der Waals surface area contributed by atoms with Gasteiger partial charge in [0.25, 0.3) is 5.91 Å². The second-order valence-corrected chi connectivity index (χ2v) is 8.13. The number of nitrogens with zero attached hydrogens (tertiary/aromatic N) is 2. The maximum atomic E-state index is 13.1. The Bertz CT molecular complexity index is 808. The van der Waals surface area contributed by atoms with Gasteiger partial charge in [0.2, 0.25) is 0 Å². The van der Waals surface area contributed by atoms with Gasteiger partial charge in [-0.3, -0.25) is 4.79 Å². The zero-order valence-corrected chi connectivity index (χ0v) is 17.0. The van der Waals surface area contributed by atoms with Crippen LogP contribution in [0.15, 0.2) is 41.0 Å². The molecule has 1 amide bonds. The normalized spacial score (nSPS) is 19.9. The molecule has 150 valence electrons. The molecule has 1 saturated heterocycles. The fourth-order valence-corrected chi connectivity index (χ4v) is 4.53. The average Bonchev–Trinajstić information content (AvgIpc) is 3.31. The summed E-state index contributed by atoms with van der Waals surface area (Å²) < 4.78 is 5.67. The van der Waals surface area contributed by atoms with Crippen molar-refractivity contribution >= 4 is 11.6 Å². The summed E-state index contributed by atoms with van der Waals surface area (Å²) in [7, 11) is 0. The molecular weight excluding hydrogens is 350 g/mol. The first kappa shape index (κ1) is 19.1. The summed E-state index contributed by atoms with van der Waals surface area (Å²) in [5.74, 6) is 1.23. The minimum atomic E-state index is 0.0436. The Labute approximate surface area is 167 Å². The highest BCUT2D eigenvalue weighted by atomic mass is 16.3. The van der Waals surface area contributed by atoms with Crippen molar-refractivity contribution in [2.24, 2.45) is 5.92 Å². The highest BCUT2D eigenvalue weighted by Crippen LogP contribution is 2.34. The Morgan fingerprint density at radius 2 is 2.00 bits per heavy atom. The Balaban J connectivity index is 1.43. The number of nitrogens with one attached hydrogen (secondary N) is 1. The molecule has 5 heteroatoms. The van der Waals surface area contributed by atoms with Crippen molar-refractivity contribution in [2.75, 3.05) is 31.1 Å². The minimum Gasteiger partial charge on any atom is -0.459 e. The fraction of sp³-hybridized carbons (Fsp3) is 0.522. The number of hydrogen-bond donors (Lipinski definition) is 1. The summed E-state index contributed by atoms with van der Waals surface area (Å²) in [5, 5.41) is 3.42. The standard InChI is InChI=1S/C23H31N3O2/c1-3-24-15-18-8-11-25(12-9-18)23(27)22-20(10-13-28-22)16-26-17(2)14-19-6-4-5-7-21(19)26/h4-7,10,13,17-18,24H,3,8-9,11-12,14-16H2,1-2H3. The summed E-state index contributed by atoms with van der Waals surface area (Å²) >= 11 is 0. The van der Waals surface area contributed by atoms with E-state index in [0.29, 0.717) is 24.3 Å². The van der Waals surface area contributed by atoms with Crippen LogP contribution in [0.3, 0.4) is 0 Å². The van der Waals surface area contributed by atoms with Gasteiger partial charge in [-0.2, -0.15) is 0 Å². The van der Waals surface area contributed by atoms with Gasteiger partial charge < -0.3 is 19.5 Å². The first-order chi connectivity index (χ1) is 13.7. The predicted molar refractivity (Wildman–Crippen MR) is 112 cm³/mol. The minimum absolute atomic E-state index is 0.0436. The lowest BCUT2D eigenvalue weighted by atomic mass is 9.96. The lowest BCUT2D eigenvalue weighted by molar-refractivity contribution is 0.0656. The van der Waals surface area contributed by atoms with Gasteiger partial charge in [-0.1, -0.05) is 25.1 Å². The molecule has 3 heterocycles. The molecule has 1 aromatic heterocycles. The number of para-hydroxylation sites is 1. The van der Waals surface area contributed by atoms with E-state index in [1.165, 1.54) is 11.3 Å². The number of likely N-dealkylation sites (tertiary alicyclic amines) is 1. The summed E-state index contributed by atoms with van der Waals surface area (Å²) in [6, 6.07) is 10.9. The number of anilines is 1. The van der Waals surface area contributed by atoms with E-state index < -0.39 is 0 Å². The van der Waals surface area contributed by atoms with Gasteiger partial charge in [0, 0.05) is 36.9 Å². The van der Waals surface area contributed by atoms with Crippen LogP contribution in [-0.4, -0.2) is 43.0 Å². The van der Waals surface area contributed by atoms with Crippen molar-refractivity contribution in [3.05, 3.63) is 53.5 Å². The van der Waals surface area contributed by atoms with Gasteiger partial charge in [-0.15, -0.1) is 0 Å². The van der Waals surface area contributed by atoms with Crippen molar-refractivity contribution in [3.8, 4) is 0 Å². The van der Waals surface area contributed by atoms with Gasteiger partial charge in [0.15, 0.2) is 5.76 Å². The van der Waals surface area contributed by atoms with Crippen molar-refractivity contribution in [3.63, 3.8) is 0 Å². The fourth-order valence-electron chi connectivity index (χ4n) is 4.53. The van der Waals surface area contributed by atoms with Crippen LogP contribution >= 0.6 is 0 Å². The monoisotopic (exact) mass is 381 g/mol. The van der Waals surface area contributed by atoms with Crippen molar-refractivity contribution in [2.45, 2.75) is 45.7 Å². The lowest BCUT2D eigenvalue weighted by Crippen LogP contribution is -2.41. The van der Waals surface area contributed by atoms with Crippen LogP contribution in [0.25, 0.3) is 0 Å². The van der Waals surface area contributed by atoms with E-state index in [4.69, 9.17) is 4.42 Å². The van der Waals surface area contributed by atoms with Crippen LogP contribution in [0.2, 0.25) is 0 Å². The third kappa shape index (κ3) is 3.81. The number of furan rings is 1. The van der Waals surface area contributed by atoms with Crippen molar-refractivity contribution in [1.82, 2.24) is 10.2 Å². The van der Waals surface area contributed by atoms with Crippen molar-refractivity contribution < 1.29 is 9.21 Å². The van der Waals surface area contributed by atoms with E-state index >= 15 is 0 Å². The van der Waals surface area contributed by atoms with E-state index in [-0.39, 0.29) is 5.91 Å². The Morgan fingerprint density at radius 3 is 2.79 bits per heavy atom. The third-order valence-electron chi connectivity index (χ3n) is 6.21. The Hall–Kier alpha value is -2.27. The number of amides is 1. The molecule has 1 unspecified atom stereocenters. The zero-order chi connectivity index (χ0) is 19.5. The van der Waals surface area contributed by atoms with Gasteiger partial charge in [-0.25, -0.2) is 0 Å². The topological polar surface area (TPSA) is 48.7 Å². The van der Waals surface area contributed by atoms with Gasteiger partial charge in [-0.05, 0) is 62.9 Å². The molecule has 0 bridgehead atoms. The molecule has 28 heavy (non-hydrogen) atoms. The number of hydrogen-bond acceptors (Lipinski definition) is 4. The Kier molecular flexibility index (Phi) is 5.72. The highest BCUT2D eigenvalue weighted by molar-refractivity contribution is 5.93. The van der Waals surface area contributed by atoms with Crippen LogP contribution in [0.1, 0.15) is 48.4 Å². The summed E-state index contributed by atoms with van der Waals surface area (Å²) in [5.41, 5.74) is 3.65. The molecule has 4 rings (SSSR count). The van der Waals surface area contributed by atoms with Crippen LogP contribution in [0.5, 0.6) is 0 Å². The van der Waals surface area contributed by atoms with Crippen LogP contribution < -0.4 is 10.2 Å². The SMILES string of the molecule is CCNCC1CCN(C(=O)c2occc2CN2c3ccccc3CC2C)CC1. The molecular formula is C23H31N3O2. The quantitative estimate of drug-likeness (QED) is 0.829. The third-order valence-corrected chi connectivity index (χ3v) is 6.21. The smallest absolute Gasteiger partial charge is 0.289 e. The molecule has 1 atom stereocenters. The molecule has 0 radical (unpaired) electrons. The highest BCUT2D eigenvalue weighted by Gasteiger charge is 2.30. The summed E-state index contributed by atoms with van der Waals surface area (Å²) in [4.78, 5) is 17.5. The molecule has 0 saturated carbocycles. The van der Waals surface area contributed by atoms with Gasteiger partial charge in [0.1, 0.15) is 0 Å². The largest absolute Gasteiger partial charge is 0.459 e. The second kappa shape index (κ2) is 8.39. The maximum Gasteiger partial charge on any atom is 0.289 e. The van der Waals surface area contributed by atoms with E-state index in [1.54, 1.807) is 6.26 Å². The number of fused-ring (bicyclic) bond motifs is 1. The summed E-state index contributed by atoms with van der Waals surface area (Å²) in [6.45, 7) is 8.79. The number of rotatable bonds is 6. The van der Waals surface area contributed by atoms with E-state index in [0.717, 1.165) is 51.0 Å². The molecule has 0 aliphatic carbocycles. The molecule has 2 aliphatic heterocycles. The number of carbonyl (C=O) groups is 1. The van der Waals surface area contributed by atoms with E-state index in [9.17, 15) is 4.79 Å². The molecule has 1 fully saturated rings. The number of piperidine rings is 1. The molecule has 5 nitrogen and oxygen atoms in total. The average molecular weight is 382 g/mol. The molecule has 2 aromatic rings. The van der Waals surface area contributed by atoms with Gasteiger partial charge in [0.05, 0.1) is 6.26 Å². The number of carbonyl (C=O) groups excluding carboxylic acids is 1.